The predicted octanol–water partition coefficient (Wildman–Crippen LogP) is 4.16. The number of nitrogens with zero attached hydrogens (tertiary/aromatic N) is 3. The van der Waals surface area contributed by atoms with Crippen LogP contribution in [0.1, 0.15) is 31.2 Å². The number of carbonyl (C=O) groups excluding carboxylic acids is 1. The number of carbonyl (C=O) groups is 1. The Balaban J connectivity index is 2.10. The Morgan fingerprint density at radius 2 is 1.88 bits per heavy atom. The number of nitro benzene ring substituents is 1. The molecule has 9 nitrogen and oxygen atoms in total. The molecule has 2 aromatic rings. The molecule has 2 aromatic carbocycles. The topological polar surface area (TPSA) is 110 Å². The minimum Gasteiger partial charge on any atom is -0.495 e. The van der Waals surface area contributed by atoms with Gasteiger partial charge in [-0.15, -0.1) is 0 Å². The number of likely N-dealkylation sites (N-methyl/N-ethyl adjacent to an activating group) is 1. The highest BCUT2D eigenvalue weighted by Crippen LogP contribution is 2.36. The maximum atomic E-state index is 13.7. The molecule has 11 heteroatoms. The van der Waals surface area contributed by atoms with E-state index in [2.05, 4.69) is 0 Å². The van der Waals surface area contributed by atoms with E-state index < -0.39 is 27.4 Å². The van der Waals surface area contributed by atoms with Gasteiger partial charge >= 0.3 is 0 Å². The molecule has 1 aliphatic rings. The minimum absolute atomic E-state index is 0.0452. The summed E-state index contributed by atoms with van der Waals surface area (Å²) in [5.74, 6) is -0.199. The van der Waals surface area contributed by atoms with Gasteiger partial charge in [-0.1, -0.05) is 30.5 Å². The van der Waals surface area contributed by atoms with Crippen molar-refractivity contribution in [2.24, 2.45) is 0 Å². The van der Waals surface area contributed by atoms with Gasteiger partial charge in [0.15, 0.2) is 0 Å². The summed E-state index contributed by atoms with van der Waals surface area (Å²) < 4.78 is 33.7. The number of ether oxygens (including phenoxy) is 1. The molecular weight excluding hydrogens is 470 g/mol. The average molecular weight is 496 g/mol. The Labute approximate surface area is 198 Å². The summed E-state index contributed by atoms with van der Waals surface area (Å²) in [4.78, 5) is 25.2. The number of methoxy groups -OCH3 is 1. The van der Waals surface area contributed by atoms with Crippen LogP contribution in [0.15, 0.2) is 41.3 Å². The maximum Gasteiger partial charge on any atom is 0.273 e. The number of amides is 1. The van der Waals surface area contributed by atoms with Crippen LogP contribution in [-0.2, 0) is 14.8 Å². The second kappa shape index (κ2) is 9.96. The van der Waals surface area contributed by atoms with E-state index in [1.54, 1.807) is 11.9 Å². The molecule has 0 bridgehead atoms. The number of aryl methyl sites for hydroxylation is 1. The highest BCUT2D eigenvalue weighted by atomic mass is 35.5. The van der Waals surface area contributed by atoms with Crippen molar-refractivity contribution in [2.45, 2.75) is 43.5 Å². The number of benzene rings is 2. The molecule has 178 valence electrons. The van der Waals surface area contributed by atoms with E-state index in [1.165, 1.54) is 44.4 Å². The maximum absolute atomic E-state index is 13.7. The van der Waals surface area contributed by atoms with E-state index in [0.717, 1.165) is 36.1 Å². The molecule has 0 spiro atoms. The fraction of sp³-hybridized carbons (Fsp3) is 0.409. The van der Waals surface area contributed by atoms with Crippen molar-refractivity contribution in [1.29, 1.82) is 0 Å². The molecule has 0 saturated heterocycles. The summed E-state index contributed by atoms with van der Waals surface area (Å²) in [6, 6.07) is 8.13. The standard InChI is InChI=1S/C22H26ClN3O6S/c1-15-8-10-18(13-19(15)26(28)29)33(30,31)25(20-12-16(23)9-11-21(20)32-3)14-22(27)24(2)17-6-4-5-7-17/h8-13,17H,4-7,14H2,1-3H3. The van der Waals surface area contributed by atoms with Gasteiger partial charge in [0.25, 0.3) is 15.7 Å². The van der Waals surface area contributed by atoms with E-state index >= 15 is 0 Å². The summed E-state index contributed by atoms with van der Waals surface area (Å²) >= 11 is 6.14. The van der Waals surface area contributed by atoms with Gasteiger partial charge in [-0.25, -0.2) is 8.42 Å². The Morgan fingerprint density at radius 3 is 2.48 bits per heavy atom. The van der Waals surface area contributed by atoms with Crippen LogP contribution in [0, 0.1) is 17.0 Å². The number of sulfonamides is 1. The fourth-order valence-corrected chi connectivity index (χ4v) is 5.56. The largest absolute Gasteiger partial charge is 0.495 e. The lowest BCUT2D eigenvalue weighted by Gasteiger charge is -2.30. The first-order valence-electron chi connectivity index (χ1n) is 10.4. The lowest BCUT2D eigenvalue weighted by molar-refractivity contribution is -0.385. The number of halogens is 1. The number of rotatable bonds is 8. The van der Waals surface area contributed by atoms with Gasteiger partial charge in [0.1, 0.15) is 12.3 Å². The fourth-order valence-electron chi connectivity index (χ4n) is 3.96. The zero-order valence-corrected chi connectivity index (χ0v) is 20.2. The highest BCUT2D eigenvalue weighted by molar-refractivity contribution is 7.92. The predicted molar refractivity (Wildman–Crippen MR) is 125 cm³/mol. The van der Waals surface area contributed by atoms with Crippen LogP contribution >= 0.6 is 11.6 Å². The number of nitro groups is 1. The van der Waals surface area contributed by atoms with E-state index in [4.69, 9.17) is 16.3 Å². The SMILES string of the molecule is COc1ccc(Cl)cc1N(CC(=O)N(C)C1CCCC1)S(=O)(=O)c1ccc(C)c([N+](=O)[O-])c1. The van der Waals surface area contributed by atoms with Crippen LogP contribution in [0.3, 0.4) is 0 Å². The van der Waals surface area contributed by atoms with Gasteiger partial charge in [-0.05, 0) is 44.0 Å². The molecule has 1 amide bonds. The third kappa shape index (κ3) is 5.22. The molecule has 3 rings (SSSR count). The molecule has 0 heterocycles. The first-order chi connectivity index (χ1) is 15.6. The van der Waals surface area contributed by atoms with Crippen LogP contribution in [0.5, 0.6) is 5.75 Å². The average Bonchev–Trinajstić information content (AvgIpc) is 3.31. The van der Waals surface area contributed by atoms with E-state index in [1.807, 2.05) is 0 Å². The van der Waals surface area contributed by atoms with Crippen molar-refractivity contribution in [3.63, 3.8) is 0 Å². The Hall–Kier alpha value is -2.85. The first-order valence-corrected chi connectivity index (χ1v) is 12.2. The van der Waals surface area contributed by atoms with Gasteiger partial charge in [0.05, 0.1) is 22.6 Å². The van der Waals surface area contributed by atoms with Crippen LogP contribution in [-0.4, -0.2) is 50.9 Å². The Bertz CT molecular complexity index is 1160. The Kier molecular flexibility index (Phi) is 7.48. The molecule has 0 atom stereocenters. The molecular formula is C22H26ClN3O6S. The monoisotopic (exact) mass is 495 g/mol. The van der Waals surface area contributed by atoms with E-state index in [9.17, 15) is 23.3 Å². The number of anilines is 1. The summed E-state index contributed by atoms with van der Waals surface area (Å²) in [6.07, 6.45) is 3.75. The highest BCUT2D eigenvalue weighted by Gasteiger charge is 2.33. The quantitative estimate of drug-likeness (QED) is 0.401. The van der Waals surface area contributed by atoms with Crippen molar-refractivity contribution in [2.75, 3.05) is 25.0 Å². The van der Waals surface area contributed by atoms with Crippen molar-refractivity contribution < 1.29 is 22.9 Å². The molecule has 0 N–H and O–H groups in total. The van der Waals surface area contributed by atoms with Crippen molar-refractivity contribution in [3.05, 3.63) is 57.1 Å². The van der Waals surface area contributed by atoms with Crippen LogP contribution in [0.4, 0.5) is 11.4 Å². The summed E-state index contributed by atoms with van der Waals surface area (Å²) in [6.45, 7) is 1.01. The molecule has 0 aliphatic heterocycles. The molecule has 0 aromatic heterocycles. The molecule has 1 saturated carbocycles. The molecule has 33 heavy (non-hydrogen) atoms. The first kappa shape index (κ1) is 24.8. The third-order valence-electron chi connectivity index (χ3n) is 5.92. The summed E-state index contributed by atoms with van der Waals surface area (Å²) in [7, 11) is -1.35. The van der Waals surface area contributed by atoms with Crippen LogP contribution in [0.25, 0.3) is 0 Å². The molecule has 0 unspecified atom stereocenters. The van der Waals surface area contributed by atoms with Gasteiger partial charge < -0.3 is 9.64 Å². The third-order valence-corrected chi connectivity index (χ3v) is 7.91. The van der Waals surface area contributed by atoms with E-state index in [-0.39, 0.29) is 33.1 Å². The van der Waals surface area contributed by atoms with Gasteiger partial charge in [-0.2, -0.15) is 0 Å². The molecule has 1 fully saturated rings. The lowest BCUT2D eigenvalue weighted by atomic mass is 10.2. The van der Waals surface area contributed by atoms with Crippen molar-refractivity contribution in [1.82, 2.24) is 4.90 Å². The molecule has 1 aliphatic carbocycles. The van der Waals surface area contributed by atoms with Crippen molar-refractivity contribution in [3.8, 4) is 5.75 Å². The van der Waals surface area contributed by atoms with E-state index in [0.29, 0.717) is 5.56 Å². The second-order valence-electron chi connectivity index (χ2n) is 7.98. The van der Waals surface area contributed by atoms with Gasteiger partial charge in [-0.3, -0.25) is 19.2 Å². The summed E-state index contributed by atoms with van der Waals surface area (Å²) in [5, 5.41) is 11.6. The van der Waals surface area contributed by atoms with Crippen LogP contribution in [0.2, 0.25) is 5.02 Å². The van der Waals surface area contributed by atoms with Crippen LogP contribution < -0.4 is 9.04 Å². The Morgan fingerprint density at radius 1 is 1.21 bits per heavy atom. The normalized spacial score (nSPS) is 14.2. The molecule has 0 radical (unpaired) electrons. The van der Waals surface area contributed by atoms with Gasteiger partial charge in [0.2, 0.25) is 5.91 Å². The number of hydrogen-bond donors (Lipinski definition) is 0. The number of hydrogen-bond acceptors (Lipinski definition) is 6. The second-order valence-corrected chi connectivity index (χ2v) is 10.3. The van der Waals surface area contributed by atoms with Crippen molar-refractivity contribution >= 4 is 38.9 Å². The lowest BCUT2D eigenvalue weighted by Crippen LogP contribution is -2.44. The zero-order valence-electron chi connectivity index (χ0n) is 18.7. The zero-order chi connectivity index (χ0) is 24.3. The van der Waals surface area contributed by atoms with Gasteiger partial charge in [0, 0.05) is 29.7 Å². The summed E-state index contributed by atoms with van der Waals surface area (Å²) in [5.41, 5.74) is 0.0627. The minimum atomic E-state index is -4.39. The smallest absolute Gasteiger partial charge is 0.273 e.